The predicted octanol–water partition coefficient (Wildman–Crippen LogP) is 2.44. The minimum Gasteiger partial charge on any atom is -0.388 e. The van der Waals surface area contributed by atoms with Gasteiger partial charge in [-0.2, -0.15) is 0 Å². The molecule has 0 aliphatic carbocycles. The summed E-state index contributed by atoms with van der Waals surface area (Å²) in [5.41, 5.74) is 1.90. The number of anilines is 1. The average Bonchev–Trinajstić information content (AvgIpc) is 2.12. The molecule has 1 aromatic carbocycles. The fourth-order valence-electron chi connectivity index (χ4n) is 1.63. The highest BCUT2D eigenvalue weighted by Gasteiger charge is 2.24. The second-order valence-electron chi connectivity index (χ2n) is 3.53. The fourth-order valence-corrected chi connectivity index (χ4v) is 1.81. The van der Waals surface area contributed by atoms with Crippen LogP contribution in [0.1, 0.15) is 18.6 Å². The van der Waals surface area contributed by atoms with Crippen LogP contribution in [-0.2, 0) is 0 Å². The van der Waals surface area contributed by atoms with Crippen LogP contribution in [0.2, 0.25) is 5.02 Å². The van der Waals surface area contributed by atoms with Crippen LogP contribution in [0.15, 0.2) is 18.2 Å². The zero-order valence-electron chi connectivity index (χ0n) is 7.42. The molecule has 0 fully saturated rings. The minimum absolute atomic E-state index is 0.242. The highest BCUT2D eigenvalue weighted by molar-refractivity contribution is 6.30. The third-order valence-corrected chi connectivity index (χ3v) is 2.72. The lowest BCUT2D eigenvalue weighted by Crippen LogP contribution is -2.25. The van der Waals surface area contributed by atoms with Crippen LogP contribution in [0.25, 0.3) is 0 Å². The van der Waals surface area contributed by atoms with Crippen molar-refractivity contribution in [2.24, 2.45) is 5.92 Å². The SMILES string of the molecule is CC1CNc2ccc(Cl)cc2C1O. The summed E-state index contributed by atoms with van der Waals surface area (Å²) in [7, 11) is 0. The fraction of sp³-hybridized carbons (Fsp3) is 0.400. The molecule has 0 radical (unpaired) electrons. The number of aliphatic hydroxyl groups is 1. The molecule has 1 aromatic rings. The number of hydrogen-bond donors (Lipinski definition) is 2. The molecule has 0 spiro atoms. The summed E-state index contributed by atoms with van der Waals surface area (Å²) in [6, 6.07) is 5.56. The summed E-state index contributed by atoms with van der Waals surface area (Å²) in [5, 5.41) is 13.8. The van der Waals surface area contributed by atoms with E-state index in [2.05, 4.69) is 5.32 Å². The Hall–Kier alpha value is -0.730. The number of halogens is 1. The number of rotatable bonds is 0. The Kier molecular flexibility index (Phi) is 2.18. The van der Waals surface area contributed by atoms with Crippen molar-refractivity contribution in [3.63, 3.8) is 0 Å². The van der Waals surface area contributed by atoms with E-state index >= 15 is 0 Å². The summed E-state index contributed by atoms with van der Waals surface area (Å²) in [5.74, 6) is 0.242. The summed E-state index contributed by atoms with van der Waals surface area (Å²) >= 11 is 5.85. The molecule has 1 aliphatic rings. The molecular weight excluding hydrogens is 186 g/mol. The quantitative estimate of drug-likeness (QED) is 0.670. The Labute approximate surface area is 82.5 Å². The zero-order chi connectivity index (χ0) is 9.42. The standard InChI is InChI=1S/C10H12ClNO/c1-6-5-12-9-3-2-7(11)4-8(9)10(6)13/h2-4,6,10,12-13H,5H2,1H3. The molecular formula is C10H12ClNO. The first kappa shape index (κ1) is 8.85. The van der Waals surface area contributed by atoms with Crippen LogP contribution < -0.4 is 5.32 Å². The van der Waals surface area contributed by atoms with E-state index in [-0.39, 0.29) is 5.92 Å². The molecule has 70 valence electrons. The largest absolute Gasteiger partial charge is 0.388 e. The maximum absolute atomic E-state index is 9.86. The van der Waals surface area contributed by atoms with Gasteiger partial charge in [0.15, 0.2) is 0 Å². The summed E-state index contributed by atoms with van der Waals surface area (Å²) in [6.07, 6.45) is -0.394. The van der Waals surface area contributed by atoms with E-state index in [1.54, 1.807) is 0 Å². The van der Waals surface area contributed by atoms with Crippen LogP contribution in [0.4, 0.5) is 5.69 Å². The van der Waals surface area contributed by atoms with Gasteiger partial charge >= 0.3 is 0 Å². The number of nitrogens with one attached hydrogen (secondary N) is 1. The van der Waals surface area contributed by atoms with Crippen molar-refractivity contribution < 1.29 is 5.11 Å². The second kappa shape index (κ2) is 3.20. The molecule has 1 heterocycles. The molecule has 2 atom stereocenters. The topological polar surface area (TPSA) is 32.3 Å². The van der Waals surface area contributed by atoms with Crippen molar-refractivity contribution >= 4 is 17.3 Å². The summed E-state index contributed by atoms with van der Waals surface area (Å²) < 4.78 is 0. The van der Waals surface area contributed by atoms with Crippen molar-refractivity contribution in [3.8, 4) is 0 Å². The monoisotopic (exact) mass is 197 g/mol. The van der Waals surface area contributed by atoms with Crippen LogP contribution in [0, 0.1) is 5.92 Å². The van der Waals surface area contributed by atoms with E-state index in [0.29, 0.717) is 5.02 Å². The average molecular weight is 198 g/mol. The number of fused-ring (bicyclic) bond motifs is 1. The lowest BCUT2D eigenvalue weighted by atomic mass is 9.92. The molecule has 2 N–H and O–H groups in total. The number of benzene rings is 1. The molecule has 1 aliphatic heterocycles. The Bertz CT molecular complexity index is 327. The molecule has 0 saturated heterocycles. The van der Waals surface area contributed by atoms with Crippen molar-refractivity contribution in [1.29, 1.82) is 0 Å². The summed E-state index contributed by atoms with van der Waals surface area (Å²) in [6.45, 7) is 2.83. The van der Waals surface area contributed by atoms with Gasteiger partial charge in [0, 0.05) is 28.7 Å². The van der Waals surface area contributed by atoms with Gasteiger partial charge in [0.2, 0.25) is 0 Å². The maximum atomic E-state index is 9.86. The third kappa shape index (κ3) is 1.52. The summed E-state index contributed by atoms with van der Waals surface area (Å²) in [4.78, 5) is 0. The molecule has 0 saturated carbocycles. The first-order valence-electron chi connectivity index (χ1n) is 4.40. The lowest BCUT2D eigenvalue weighted by molar-refractivity contribution is 0.120. The molecule has 2 nitrogen and oxygen atoms in total. The van der Waals surface area contributed by atoms with Crippen molar-refractivity contribution in [3.05, 3.63) is 28.8 Å². The van der Waals surface area contributed by atoms with Gasteiger partial charge in [0.05, 0.1) is 6.10 Å². The third-order valence-electron chi connectivity index (χ3n) is 2.49. The maximum Gasteiger partial charge on any atom is 0.0852 e. The molecule has 2 unspecified atom stereocenters. The van der Waals surface area contributed by atoms with Gasteiger partial charge < -0.3 is 10.4 Å². The van der Waals surface area contributed by atoms with Gasteiger partial charge in [-0.15, -0.1) is 0 Å². The van der Waals surface area contributed by atoms with E-state index in [9.17, 15) is 5.11 Å². The Morgan fingerprint density at radius 3 is 3.08 bits per heavy atom. The lowest BCUT2D eigenvalue weighted by Gasteiger charge is -2.28. The van der Waals surface area contributed by atoms with Crippen molar-refractivity contribution in [1.82, 2.24) is 0 Å². The predicted molar refractivity (Wildman–Crippen MR) is 54.1 cm³/mol. The number of hydrogen-bond acceptors (Lipinski definition) is 2. The minimum atomic E-state index is -0.394. The Morgan fingerprint density at radius 1 is 1.54 bits per heavy atom. The second-order valence-corrected chi connectivity index (χ2v) is 3.97. The first-order chi connectivity index (χ1) is 6.18. The normalized spacial score (nSPS) is 26.4. The van der Waals surface area contributed by atoms with Gasteiger partial charge in [-0.1, -0.05) is 18.5 Å². The highest BCUT2D eigenvalue weighted by Crippen LogP contribution is 2.34. The highest BCUT2D eigenvalue weighted by atomic mass is 35.5. The van der Waals surface area contributed by atoms with E-state index in [1.807, 2.05) is 25.1 Å². The van der Waals surface area contributed by atoms with Crippen molar-refractivity contribution in [2.75, 3.05) is 11.9 Å². The molecule has 3 heteroatoms. The molecule has 0 bridgehead atoms. The van der Waals surface area contributed by atoms with Crippen LogP contribution in [0.5, 0.6) is 0 Å². The Morgan fingerprint density at radius 2 is 2.31 bits per heavy atom. The van der Waals surface area contributed by atoms with Gasteiger partial charge in [0.25, 0.3) is 0 Å². The van der Waals surface area contributed by atoms with E-state index in [4.69, 9.17) is 11.6 Å². The molecule has 2 rings (SSSR count). The molecule has 13 heavy (non-hydrogen) atoms. The van der Waals surface area contributed by atoms with Gasteiger partial charge in [0.1, 0.15) is 0 Å². The first-order valence-corrected chi connectivity index (χ1v) is 4.77. The Balaban J connectivity index is 2.45. The van der Waals surface area contributed by atoms with Crippen LogP contribution in [0.3, 0.4) is 0 Å². The van der Waals surface area contributed by atoms with E-state index < -0.39 is 6.10 Å². The van der Waals surface area contributed by atoms with Gasteiger partial charge in [-0.3, -0.25) is 0 Å². The van der Waals surface area contributed by atoms with E-state index in [1.165, 1.54) is 0 Å². The smallest absolute Gasteiger partial charge is 0.0852 e. The van der Waals surface area contributed by atoms with Crippen LogP contribution in [-0.4, -0.2) is 11.7 Å². The molecule has 0 aromatic heterocycles. The zero-order valence-corrected chi connectivity index (χ0v) is 8.17. The van der Waals surface area contributed by atoms with Gasteiger partial charge in [-0.05, 0) is 18.2 Å². The van der Waals surface area contributed by atoms with Crippen LogP contribution >= 0.6 is 11.6 Å². The number of aliphatic hydroxyl groups excluding tert-OH is 1. The molecule has 0 amide bonds. The van der Waals surface area contributed by atoms with E-state index in [0.717, 1.165) is 17.8 Å². The van der Waals surface area contributed by atoms with Crippen molar-refractivity contribution in [2.45, 2.75) is 13.0 Å². The van der Waals surface area contributed by atoms with Gasteiger partial charge in [-0.25, -0.2) is 0 Å².